The van der Waals surface area contributed by atoms with E-state index in [1.807, 2.05) is 5.48 Å². The minimum Gasteiger partial charge on any atom is -0.788 e. The van der Waals surface area contributed by atoms with E-state index in [1.165, 1.54) is 0 Å². The number of hydrogen-bond acceptors (Lipinski definition) is 6. The van der Waals surface area contributed by atoms with Gasteiger partial charge in [-0.2, -0.15) is 5.48 Å². The van der Waals surface area contributed by atoms with Crippen molar-refractivity contribution in [2.45, 2.75) is 0 Å². The molecule has 0 fully saturated rings. The van der Waals surface area contributed by atoms with Crippen LogP contribution in [0.4, 0.5) is 0 Å². The molecule has 0 aliphatic carbocycles. The predicted molar refractivity (Wildman–Crippen MR) is 49.7 cm³/mol. The van der Waals surface area contributed by atoms with Crippen molar-refractivity contribution in [3.63, 3.8) is 0 Å². The molecule has 0 saturated carbocycles. The zero-order valence-corrected chi connectivity index (χ0v) is 12.9. The summed E-state index contributed by atoms with van der Waals surface area (Å²) in [7, 11) is 3.64. The van der Waals surface area contributed by atoms with E-state index in [1.54, 1.807) is 0 Å². The average Bonchev–Trinajstić information content (AvgIpc) is 1.80. The number of hydrogen-bond donors (Lipinski definition) is 2. The van der Waals surface area contributed by atoms with Crippen LogP contribution in [0.1, 0.15) is 0 Å². The molecular formula is C6H19N3NaO4P. The Labute approximate surface area is 113 Å². The number of nitrogens with one attached hydrogen (secondary N) is 1. The van der Waals surface area contributed by atoms with Gasteiger partial charge in [-0.05, 0) is 0 Å². The predicted octanol–water partition coefficient (Wildman–Crippen LogP) is -5.38. The van der Waals surface area contributed by atoms with Gasteiger partial charge in [-0.25, -0.2) is 0 Å². The maximum Gasteiger partial charge on any atom is 1.00 e. The smallest absolute Gasteiger partial charge is 0.788 e. The second-order valence-electron chi connectivity index (χ2n) is 3.90. The molecule has 0 aliphatic rings. The number of nitrogens with zero attached hydrogens (tertiary/aromatic N) is 1. The van der Waals surface area contributed by atoms with E-state index < -0.39 is 7.82 Å². The molecule has 0 radical (unpaired) electrons. The van der Waals surface area contributed by atoms with Gasteiger partial charge in [0.1, 0.15) is 0 Å². The van der Waals surface area contributed by atoms with Crippen LogP contribution in [0.15, 0.2) is 0 Å². The first-order valence-electron chi connectivity index (χ1n) is 3.99. The fraction of sp³-hybridized carbons (Fsp3) is 1.00. The molecule has 0 heterocycles. The third kappa shape index (κ3) is 51.8. The summed E-state index contributed by atoms with van der Waals surface area (Å²) in [6.45, 7) is 0.342. The molecule has 0 aromatic heterocycles. The summed E-state index contributed by atoms with van der Waals surface area (Å²) >= 11 is 0. The Kier molecular flexibility index (Phi) is 14.4. The molecule has 0 unspecified atom stereocenters. The molecule has 88 valence electrons. The first kappa shape index (κ1) is 21.3. The van der Waals surface area contributed by atoms with Crippen molar-refractivity contribution in [2.75, 3.05) is 41.3 Å². The zero-order valence-electron chi connectivity index (χ0n) is 10.0. The first-order valence-corrected chi connectivity index (χ1v) is 5.45. The Morgan fingerprint density at radius 3 is 1.87 bits per heavy atom. The number of hydroxylamine groups is 1. The molecular weight excluding hydrogens is 232 g/mol. The topological polar surface area (TPSA) is 110 Å². The maximum atomic E-state index is 9.65. The van der Waals surface area contributed by atoms with Gasteiger partial charge in [0.15, 0.2) is 0 Å². The van der Waals surface area contributed by atoms with Crippen molar-refractivity contribution in [1.29, 1.82) is 0 Å². The summed E-state index contributed by atoms with van der Waals surface area (Å²) < 4.78 is 14.2. The van der Waals surface area contributed by atoms with Crippen molar-refractivity contribution in [1.82, 2.24) is 5.48 Å². The third-order valence-corrected chi connectivity index (χ3v) is 0.775. The molecule has 9 heteroatoms. The second-order valence-corrected chi connectivity index (χ2v) is 4.98. The van der Waals surface area contributed by atoms with Crippen LogP contribution in [-0.4, -0.2) is 45.8 Å². The van der Waals surface area contributed by atoms with Crippen LogP contribution in [0.2, 0.25) is 0 Å². The van der Waals surface area contributed by atoms with Crippen molar-refractivity contribution in [3.05, 3.63) is 0 Å². The number of nitrogens with two attached hydrogens (primary N) is 1. The molecule has 0 spiro atoms. The van der Waals surface area contributed by atoms with Crippen LogP contribution in [0.25, 0.3) is 0 Å². The Bertz CT molecular complexity index is 176. The van der Waals surface area contributed by atoms with Gasteiger partial charge in [0.25, 0.3) is 0 Å². The van der Waals surface area contributed by atoms with Gasteiger partial charge in [-0.3, -0.25) is 4.62 Å². The molecule has 0 aliphatic heterocycles. The largest absolute Gasteiger partial charge is 1.00 e. The van der Waals surface area contributed by atoms with Gasteiger partial charge in [0.05, 0.1) is 36.0 Å². The first-order chi connectivity index (χ1) is 6.06. The Hall–Kier alpha value is 0.990. The molecule has 15 heavy (non-hydrogen) atoms. The Morgan fingerprint density at radius 1 is 1.33 bits per heavy atom. The fourth-order valence-electron chi connectivity index (χ4n) is 0.184. The van der Waals surface area contributed by atoms with Crippen LogP contribution in [0.5, 0.6) is 0 Å². The van der Waals surface area contributed by atoms with Crippen molar-refractivity contribution in [3.8, 4) is 0 Å². The average molecular weight is 251 g/mol. The molecule has 0 bridgehead atoms. The molecule has 0 amide bonds. The maximum absolute atomic E-state index is 9.65. The molecule has 0 atom stereocenters. The summed E-state index contributed by atoms with van der Waals surface area (Å²) in [4.78, 5) is 19.3. The zero-order chi connectivity index (χ0) is 11.8. The Morgan fingerprint density at radius 2 is 1.67 bits per heavy atom. The second kappa shape index (κ2) is 10.2. The van der Waals surface area contributed by atoms with Crippen molar-refractivity contribution < 1.29 is 53.0 Å². The van der Waals surface area contributed by atoms with Gasteiger partial charge in [-0.15, -0.1) is 0 Å². The van der Waals surface area contributed by atoms with E-state index in [0.29, 0.717) is 0 Å². The van der Waals surface area contributed by atoms with Gasteiger partial charge in [0, 0.05) is 13.1 Å². The van der Waals surface area contributed by atoms with E-state index in [2.05, 4.69) is 32.8 Å². The Balaban J connectivity index is -0.000000208. The number of rotatable bonds is 4. The summed E-state index contributed by atoms with van der Waals surface area (Å²) in [5.74, 6) is 0. The molecule has 0 saturated heterocycles. The van der Waals surface area contributed by atoms with E-state index in [9.17, 15) is 14.4 Å². The summed E-state index contributed by atoms with van der Waals surface area (Å²) in [5.41, 5.74) is 6.78. The molecule has 0 rings (SSSR count). The van der Waals surface area contributed by atoms with Gasteiger partial charge in [-0.1, -0.05) is 0 Å². The van der Waals surface area contributed by atoms with Crippen molar-refractivity contribution >= 4 is 7.82 Å². The van der Waals surface area contributed by atoms with E-state index >= 15 is 0 Å². The van der Waals surface area contributed by atoms with Gasteiger partial charge < -0.3 is 24.6 Å². The standard InChI is InChI=1S/C4H12N.C2H9N2O4P.Na/c1-5(2,3)4;3-1-2-4-8-9(5,6)7;/h1-4H3;4H,1-3H2,(H2,5,6,7);/q+1;;+1/p-2. The van der Waals surface area contributed by atoms with E-state index in [0.717, 1.165) is 4.48 Å². The van der Waals surface area contributed by atoms with Crippen LogP contribution in [0, 0.1) is 0 Å². The van der Waals surface area contributed by atoms with Gasteiger partial charge in [0.2, 0.25) is 0 Å². The van der Waals surface area contributed by atoms with E-state index in [4.69, 9.17) is 5.73 Å². The SMILES string of the molecule is C[N+](C)(C)C.NCCNOP(=O)([O-])[O-].[Na+]. The van der Waals surface area contributed by atoms with Crippen LogP contribution in [0.3, 0.4) is 0 Å². The minimum absolute atomic E-state index is 0. The van der Waals surface area contributed by atoms with Crippen LogP contribution >= 0.6 is 7.82 Å². The molecule has 0 aromatic carbocycles. The monoisotopic (exact) mass is 251 g/mol. The summed E-state index contributed by atoms with van der Waals surface area (Å²) in [6.07, 6.45) is 0. The molecule has 0 aromatic rings. The summed E-state index contributed by atoms with van der Waals surface area (Å²) in [6, 6.07) is 0. The number of quaternary nitrogens is 1. The number of phosphoric acid groups is 1. The van der Waals surface area contributed by atoms with Crippen molar-refractivity contribution in [2.24, 2.45) is 5.73 Å². The van der Waals surface area contributed by atoms with Crippen LogP contribution in [-0.2, 0) is 9.19 Å². The van der Waals surface area contributed by atoms with Crippen LogP contribution < -0.4 is 50.6 Å². The normalized spacial score (nSPS) is 11.1. The molecule has 7 nitrogen and oxygen atoms in total. The minimum atomic E-state index is -4.86. The summed E-state index contributed by atoms with van der Waals surface area (Å²) in [5, 5.41) is 0. The van der Waals surface area contributed by atoms with Gasteiger partial charge >= 0.3 is 29.6 Å². The third-order valence-electron chi connectivity index (χ3n) is 0.423. The van der Waals surface area contributed by atoms with E-state index in [-0.39, 0.29) is 42.6 Å². The fourth-order valence-corrected chi connectivity index (χ4v) is 0.433. The molecule has 3 N–H and O–H groups in total. The quantitative estimate of drug-likeness (QED) is 0.170.